The highest BCUT2D eigenvalue weighted by Crippen LogP contribution is 2.22. The van der Waals surface area contributed by atoms with E-state index in [4.69, 9.17) is 4.74 Å². The number of amides is 1. The highest BCUT2D eigenvalue weighted by Gasteiger charge is 2.25. The second-order valence-corrected chi connectivity index (χ2v) is 9.33. The fourth-order valence-corrected chi connectivity index (χ4v) is 4.97. The average Bonchev–Trinajstić information content (AvgIpc) is 2.73. The lowest BCUT2D eigenvalue weighted by Crippen LogP contribution is -2.35. The van der Waals surface area contributed by atoms with Gasteiger partial charge in [-0.3, -0.25) is 4.79 Å². The maximum Gasteiger partial charge on any atom is 0.258 e. The Labute approximate surface area is 172 Å². The summed E-state index contributed by atoms with van der Waals surface area (Å²) in [6.45, 7) is 5.31. The Morgan fingerprint density at radius 1 is 1.00 bits per heavy atom. The van der Waals surface area contributed by atoms with Crippen LogP contribution in [0.3, 0.4) is 0 Å². The van der Waals surface area contributed by atoms with Gasteiger partial charge in [0.25, 0.3) is 5.91 Å². The van der Waals surface area contributed by atoms with Crippen LogP contribution in [0.15, 0.2) is 47.4 Å². The zero-order valence-electron chi connectivity index (χ0n) is 17.0. The molecule has 0 radical (unpaired) electrons. The van der Waals surface area contributed by atoms with Gasteiger partial charge in [0.15, 0.2) is 6.61 Å². The number of carbonyl (C=O) groups is 1. The van der Waals surface area contributed by atoms with E-state index in [9.17, 15) is 13.2 Å². The second kappa shape index (κ2) is 9.41. The number of aryl methyl sites for hydroxylation is 2. The van der Waals surface area contributed by atoms with Crippen molar-refractivity contribution in [3.05, 3.63) is 59.2 Å². The first kappa shape index (κ1) is 21.3. The molecule has 0 unspecified atom stereocenters. The third-order valence-electron chi connectivity index (χ3n) is 5.12. The maximum atomic E-state index is 12.7. The first-order valence-electron chi connectivity index (χ1n) is 9.93. The Balaban J connectivity index is 1.53. The van der Waals surface area contributed by atoms with Crippen LogP contribution >= 0.6 is 0 Å². The quantitative estimate of drug-likeness (QED) is 0.752. The molecule has 3 rings (SSSR count). The highest BCUT2D eigenvalue weighted by molar-refractivity contribution is 7.89. The van der Waals surface area contributed by atoms with Gasteiger partial charge < -0.3 is 10.1 Å². The van der Waals surface area contributed by atoms with Crippen molar-refractivity contribution in [3.8, 4) is 5.75 Å². The summed E-state index contributed by atoms with van der Waals surface area (Å²) >= 11 is 0. The number of piperidine rings is 1. The normalized spacial score (nSPS) is 15.1. The smallest absolute Gasteiger partial charge is 0.258 e. The van der Waals surface area contributed by atoms with Crippen molar-refractivity contribution in [1.82, 2.24) is 9.62 Å². The molecular formula is C22H28N2O4S. The zero-order chi connectivity index (χ0) is 20.9. The summed E-state index contributed by atoms with van der Waals surface area (Å²) in [4.78, 5) is 12.4. The number of nitrogens with zero attached hydrogens (tertiary/aromatic N) is 1. The minimum Gasteiger partial charge on any atom is -0.483 e. The molecule has 0 saturated carbocycles. The number of benzene rings is 2. The van der Waals surface area contributed by atoms with Crippen LogP contribution in [0.25, 0.3) is 0 Å². The minimum absolute atomic E-state index is 0.0624. The summed E-state index contributed by atoms with van der Waals surface area (Å²) in [5.74, 6) is 0.507. The molecular weight excluding hydrogens is 388 g/mol. The lowest BCUT2D eigenvalue weighted by Gasteiger charge is -2.25. The molecule has 1 aliphatic rings. The lowest BCUT2D eigenvalue weighted by molar-refractivity contribution is -0.123. The van der Waals surface area contributed by atoms with Gasteiger partial charge in [0.1, 0.15) is 5.75 Å². The molecule has 6 nitrogen and oxygen atoms in total. The van der Waals surface area contributed by atoms with Crippen molar-refractivity contribution >= 4 is 15.9 Å². The van der Waals surface area contributed by atoms with Gasteiger partial charge in [-0.1, -0.05) is 36.8 Å². The Bertz CT molecular complexity index is 929. The van der Waals surface area contributed by atoms with E-state index in [1.54, 1.807) is 28.6 Å². The summed E-state index contributed by atoms with van der Waals surface area (Å²) in [5.41, 5.74) is 2.81. The molecule has 0 spiro atoms. The van der Waals surface area contributed by atoms with Gasteiger partial charge in [-0.25, -0.2) is 8.42 Å². The predicted octanol–water partition coefficient (Wildman–Crippen LogP) is 3.17. The van der Waals surface area contributed by atoms with Gasteiger partial charge in [0, 0.05) is 19.6 Å². The summed E-state index contributed by atoms with van der Waals surface area (Å²) in [5, 5.41) is 2.81. The van der Waals surface area contributed by atoms with Crippen molar-refractivity contribution in [2.45, 2.75) is 44.6 Å². The van der Waals surface area contributed by atoms with Crippen molar-refractivity contribution in [1.29, 1.82) is 0 Å². The van der Waals surface area contributed by atoms with Crippen molar-refractivity contribution in [3.63, 3.8) is 0 Å². The number of nitrogens with one attached hydrogen (secondary N) is 1. The summed E-state index contributed by atoms with van der Waals surface area (Å²) in [6.07, 6.45) is 2.90. The fourth-order valence-electron chi connectivity index (χ4n) is 3.45. The first-order valence-corrected chi connectivity index (χ1v) is 11.4. The molecule has 0 bridgehead atoms. The Morgan fingerprint density at radius 3 is 2.24 bits per heavy atom. The number of sulfonamides is 1. The van der Waals surface area contributed by atoms with Crippen LogP contribution in [-0.4, -0.2) is 38.3 Å². The molecule has 1 fully saturated rings. The van der Waals surface area contributed by atoms with Crippen LogP contribution in [0.5, 0.6) is 5.75 Å². The van der Waals surface area contributed by atoms with Gasteiger partial charge >= 0.3 is 0 Å². The van der Waals surface area contributed by atoms with Gasteiger partial charge in [-0.2, -0.15) is 4.31 Å². The molecule has 156 valence electrons. The van der Waals surface area contributed by atoms with E-state index in [-0.39, 0.29) is 12.5 Å². The predicted molar refractivity (Wildman–Crippen MR) is 112 cm³/mol. The molecule has 1 amide bonds. The lowest BCUT2D eigenvalue weighted by atomic mass is 10.1. The van der Waals surface area contributed by atoms with E-state index >= 15 is 0 Å². The van der Waals surface area contributed by atoms with Crippen LogP contribution in [0.4, 0.5) is 0 Å². The third kappa shape index (κ3) is 5.36. The number of ether oxygens (including phenoxy) is 1. The summed E-state index contributed by atoms with van der Waals surface area (Å²) in [6, 6.07) is 12.5. The van der Waals surface area contributed by atoms with E-state index in [2.05, 4.69) is 5.32 Å². The molecule has 1 heterocycles. The van der Waals surface area contributed by atoms with Gasteiger partial charge in [-0.05, 0) is 55.5 Å². The standard InChI is InChI=1S/C22H28N2O4S/c1-17-7-6-8-18(2)22(17)28-16-21(25)23-15-19-9-11-20(12-10-19)29(26,27)24-13-4-3-5-14-24/h6-12H,3-5,13-16H2,1-2H3,(H,23,25). The van der Waals surface area contributed by atoms with Crippen molar-refractivity contribution in [2.24, 2.45) is 0 Å². The van der Waals surface area contributed by atoms with Gasteiger partial charge in [-0.15, -0.1) is 0 Å². The van der Waals surface area contributed by atoms with Crippen LogP contribution in [-0.2, 0) is 21.4 Å². The van der Waals surface area contributed by atoms with E-state index in [1.807, 2.05) is 32.0 Å². The SMILES string of the molecule is Cc1cccc(C)c1OCC(=O)NCc1ccc(S(=O)(=O)N2CCCCC2)cc1. The molecule has 1 N–H and O–H groups in total. The fraction of sp³-hybridized carbons (Fsp3) is 0.409. The highest BCUT2D eigenvalue weighted by atomic mass is 32.2. The van der Waals surface area contributed by atoms with Crippen molar-refractivity contribution < 1.29 is 17.9 Å². The largest absolute Gasteiger partial charge is 0.483 e. The van der Waals surface area contributed by atoms with Crippen LogP contribution in [0, 0.1) is 13.8 Å². The average molecular weight is 417 g/mol. The maximum absolute atomic E-state index is 12.7. The molecule has 1 saturated heterocycles. The third-order valence-corrected chi connectivity index (χ3v) is 7.04. The van der Waals surface area contributed by atoms with E-state index in [0.717, 1.165) is 41.7 Å². The number of rotatable bonds is 7. The van der Waals surface area contributed by atoms with E-state index < -0.39 is 10.0 Å². The van der Waals surface area contributed by atoms with Gasteiger partial charge in [0.2, 0.25) is 10.0 Å². The molecule has 2 aromatic rings. The molecule has 7 heteroatoms. The topological polar surface area (TPSA) is 75.7 Å². The van der Waals surface area contributed by atoms with Gasteiger partial charge in [0.05, 0.1) is 4.90 Å². The molecule has 29 heavy (non-hydrogen) atoms. The molecule has 2 aromatic carbocycles. The number of hydrogen-bond donors (Lipinski definition) is 1. The Kier molecular flexibility index (Phi) is 6.92. The Hall–Kier alpha value is -2.38. The van der Waals surface area contributed by atoms with E-state index in [1.165, 1.54) is 0 Å². The van der Waals surface area contributed by atoms with Crippen LogP contribution in [0.1, 0.15) is 36.0 Å². The Morgan fingerprint density at radius 2 is 1.62 bits per heavy atom. The van der Waals surface area contributed by atoms with Crippen molar-refractivity contribution in [2.75, 3.05) is 19.7 Å². The molecule has 0 aliphatic carbocycles. The van der Waals surface area contributed by atoms with E-state index in [0.29, 0.717) is 24.5 Å². The minimum atomic E-state index is -3.43. The monoisotopic (exact) mass is 416 g/mol. The summed E-state index contributed by atoms with van der Waals surface area (Å²) < 4.78 is 32.6. The summed E-state index contributed by atoms with van der Waals surface area (Å²) in [7, 11) is -3.43. The number of para-hydroxylation sites is 1. The zero-order valence-corrected chi connectivity index (χ0v) is 17.8. The number of carbonyl (C=O) groups excluding carboxylic acids is 1. The molecule has 1 aliphatic heterocycles. The second-order valence-electron chi connectivity index (χ2n) is 7.40. The molecule has 0 aromatic heterocycles. The number of hydrogen-bond acceptors (Lipinski definition) is 4. The molecule has 0 atom stereocenters. The van der Waals surface area contributed by atoms with Crippen LogP contribution < -0.4 is 10.1 Å². The first-order chi connectivity index (χ1) is 13.9. The van der Waals surface area contributed by atoms with Crippen LogP contribution in [0.2, 0.25) is 0 Å².